The summed E-state index contributed by atoms with van der Waals surface area (Å²) in [5.41, 5.74) is 4.45. The molecule has 1 nitrogen and oxygen atoms in total. The lowest BCUT2D eigenvalue weighted by Gasteiger charge is -2.17. The maximum atomic E-state index is 5.47. The van der Waals surface area contributed by atoms with Crippen LogP contribution in [-0.4, -0.2) is 7.11 Å². The van der Waals surface area contributed by atoms with Crippen molar-refractivity contribution < 1.29 is 4.74 Å². The van der Waals surface area contributed by atoms with Gasteiger partial charge in [0.2, 0.25) is 0 Å². The quantitative estimate of drug-likeness (QED) is 0.175. The van der Waals surface area contributed by atoms with E-state index in [1.54, 1.807) is 7.11 Å². The SMILES string of the molecule is COc1ccc(-c2c3cc4ccccc4cc3c(C#Cc3ccccc3)c3cc4ccccc4cc23)cc1. The third kappa shape index (κ3) is 3.76. The minimum atomic E-state index is 0.851. The van der Waals surface area contributed by atoms with E-state index in [0.29, 0.717) is 0 Å². The van der Waals surface area contributed by atoms with E-state index in [9.17, 15) is 0 Å². The topological polar surface area (TPSA) is 9.23 Å². The predicted octanol–water partition coefficient (Wildman–Crippen LogP) is 9.37. The number of hydrogen-bond donors (Lipinski definition) is 0. The Morgan fingerprint density at radius 2 is 0.947 bits per heavy atom. The van der Waals surface area contributed by atoms with Crippen molar-refractivity contribution in [1.29, 1.82) is 0 Å². The summed E-state index contributed by atoms with van der Waals surface area (Å²) in [6.45, 7) is 0. The van der Waals surface area contributed by atoms with E-state index in [4.69, 9.17) is 4.74 Å². The second-order valence-electron chi connectivity index (χ2n) is 9.58. The molecule has 0 amide bonds. The fraction of sp³-hybridized carbons (Fsp3) is 0.0270. The molecule has 0 saturated carbocycles. The summed E-state index contributed by atoms with van der Waals surface area (Å²) in [7, 11) is 1.71. The third-order valence-electron chi connectivity index (χ3n) is 7.33. The fourth-order valence-electron chi connectivity index (χ4n) is 5.46. The zero-order chi connectivity index (χ0) is 25.5. The lowest BCUT2D eigenvalue weighted by Crippen LogP contribution is -1.92. The third-order valence-corrected chi connectivity index (χ3v) is 7.33. The van der Waals surface area contributed by atoms with E-state index < -0.39 is 0 Å². The number of hydrogen-bond acceptors (Lipinski definition) is 1. The molecule has 0 fully saturated rings. The summed E-state index contributed by atoms with van der Waals surface area (Å²) < 4.78 is 5.47. The van der Waals surface area contributed by atoms with Crippen molar-refractivity contribution in [2.24, 2.45) is 0 Å². The van der Waals surface area contributed by atoms with Crippen molar-refractivity contribution in [1.82, 2.24) is 0 Å². The first-order valence-electron chi connectivity index (χ1n) is 12.8. The Labute approximate surface area is 221 Å². The van der Waals surface area contributed by atoms with E-state index in [1.807, 2.05) is 30.3 Å². The van der Waals surface area contributed by atoms with Crippen LogP contribution in [0, 0.1) is 11.8 Å². The van der Waals surface area contributed by atoms with Crippen LogP contribution in [0.15, 0.2) is 127 Å². The molecule has 38 heavy (non-hydrogen) atoms. The van der Waals surface area contributed by atoms with Crippen LogP contribution in [0.25, 0.3) is 54.2 Å². The van der Waals surface area contributed by atoms with Crippen LogP contribution in [-0.2, 0) is 0 Å². The number of methoxy groups -OCH3 is 1. The number of fused-ring (bicyclic) bond motifs is 4. The Hall–Kier alpha value is -5.06. The highest BCUT2D eigenvalue weighted by Gasteiger charge is 2.17. The van der Waals surface area contributed by atoms with Crippen molar-refractivity contribution in [2.75, 3.05) is 7.11 Å². The largest absolute Gasteiger partial charge is 0.497 e. The van der Waals surface area contributed by atoms with Crippen LogP contribution in [0.5, 0.6) is 5.75 Å². The summed E-state index contributed by atoms with van der Waals surface area (Å²) >= 11 is 0. The minimum Gasteiger partial charge on any atom is -0.497 e. The molecule has 0 saturated heterocycles. The molecule has 0 N–H and O–H groups in total. The molecule has 0 spiro atoms. The monoisotopic (exact) mass is 484 g/mol. The summed E-state index contributed by atoms with van der Waals surface area (Å²) in [6, 6.07) is 45.0. The number of ether oxygens (including phenoxy) is 1. The number of benzene rings is 7. The van der Waals surface area contributed by atoms with Crippen molar-refractivity contribution in [2.45, 2.75) is 0 Å². The van der Waals surface area contributed by atoms with Crippen LogP contribution in [0.2, 0.25) is 0 Å². The maximum absolute atomic E-state index is 5.47. The van der Waals surface area contributed by atoms with Crippen LogP contribution < -0.4 is 4.74 Å². The molecule has 0 heterocycles. The first kappa shape index (κ1) is 22.2. The highest BCUT2D eigenvalue weighted by Crippen LogP contribution is 2.42. The van der Waals surface area contributed by atoms with Crippen molar-refractivity contribution in [3.63, 3.8) is 0 Å². The van der Waals surface area contributed by atoms with Gasteiger partial charge in [-0.05, 0) is 103 Å². The van der Waals surface area contributed by atoms with Gasteiger partial charge in [-0.15, -0.1) is 0 Å². The van der Waals surface area contributed by atoms with Gasteiger partial charge in [0.25, 0.3) is 0 Å². The fourth-order valence-corrected chi connectivity index (χ4v) is 5.46. The Bertz CT molecular complexity index is 1940. The molecule has 0 atom stereocenters. The Morgan fingerprint density at radius 1 is 0.474 bits per heavy atom. The summed E-state index contributed by atoms with van der Waals surface area (Å²) in [4.78, 5) is 0. The molecule has 7 aromatic rings. The predicted molar refractivity (Wildman–Crippen MR) is 161 cm³/mol. The van der Waals surface area contributed by atoms with Crippen LogP contribution >= 0.6 is 0 Å². The molecule has 0 bridgehead atoms. The summed E-state index contributed by atoms with van der Waals surface area (Å²) in [5, 5.41) is 9.60. The lowest BCUT2D eigenvalue weighted by molar-refractivity contribution is 0.415. The highest BCUT2D eigenvalue weighted by molar-refractivity contribution is 6.21. The van der Waals surface area contributed by atoms with Gasteiger partial charge in [-0.2, -0.15) is 0 Å². The Morgan fingerprint density at radius 3 is 1.45 bits per heavy atom. The van der Waals surface area contributed by atoms with Crippen molar-refractivity contribution in [3.05, 3.63) is 139 Å². The zero-order valence-corrected chi connectivity index (χ0v) is 21.0. The zero-order valence-electron chi connectivity index (χ0n) is 21.0. The molecule has 0 unspecified atom stereocenters. The average Bonchev–Trinajstić information content (AvgIpc) is 2.98. The first-order valence-corrected chi connectivity index (χ1v) is 12.8. The minimum absolute atomic E-state index is 0.851. The molecule has 0 aliphatic rings. The second kappa shape index (κ2) is 9.11. The van der Waals surface area contributed by atoms with E-state index in [2.05, 4.69) is 109 Å². The maximum Gasteiger partial charge on any atom is 0.118 e. The van der Waals surface area contributed by atoms with Crippen molar-refractivity contribution >= 4 is 43.1 Å². The molecule has 178 valence electrons. The van der Waals surface area contributed by atoms with Crippen LogP contribution in [0.4, 0.5) is 0 Å². The molecular formula is C37H24O. The van der Waals surface area contributed by atoms with Gasteiger partial charge in [-0.1, -0.05) is 90.7 Å². The number of rotatable bonds is 2. The molecule has 1 heteroatoms. The lowest BCUT2D eigenvalue weighted by atomic mass is 9.86. The van der Waals surface area contributed by atoms with Gasteiger partial charge in [-0.3, -0.25) is 0 Å². The molecule has 7 aromatic carbocycles. The molecule has 0 aliphatic carbocycles. The van der Waals surface area contributed by atoms with Gasteiger partial charge in [0, 0.05) is 11.1 Å². The highest BCUT2D eigenvalue weighted by atomic mass is 16.5. The summed E-state index contributed by atoms with van der Waals surface area (Å²) in [6.07, 6.45) is 0. The van der Waals surface area contributed by atoms with Crippen LogP contribution in [0.1, 0.15) is 11.1 Å². The van der Waals surface area contributed by atoms with Gasteiger partial charge in [0.1, 0.15) is 5.75 Å². The summed E-state index contributed by atoms with van der Waals surface area (Å²) in [5.74, 6) is 7.90. The van der Waals surface area contributed by atoms with E-state index in [0.717, 1.165) is 22.4 Å². The van der Waals surface area contributed by atoms with Gasteiger partial charge in [0.15, 0.2) is 0 Å². The molecule has 0 aliphatic heterocycles. The standard InChI is InChI=1S/C37H24O/c1-38-31-18-16-26(17-19-31)37-35-23-29-13-7-5-11-27(29)21-33(35)32(20-15-25-9-3-2-4-10-25)34-22-28-12-6-8-14-30(28)24-36(34)37/h2-14,16-19,21-24H,1H3. The van der Waals surface area contributed by atoms with Gasteiger partial charge >= 0.3 is 0 Å². The van der Waals surface area contributed by atoms with Gasteiger partial charge in [0.05, 0.1) is 7.11 Å². The molecule has 7 rings (SSSR count). The van der Waals surface area contributed by atoms with E-state index in [-0.39, 0.29) is 0 Å². The van der Waals surface area contributed by atoms with Crippen LogP contribution in [0.3, 0.4) is 0 Å². The van der Waals surface area contributed by atoms with E-state index in [1.165, 1.54) is 48.7 Å². The average molecular weight is 485 g/mol. The van der Waals surface area contributed by atoms with Crippen molar-refractivity contribution in [3.8, 4) is 28.7 Å². The Kier molecular flexibility index (Phi) is 5.31. The molecule has 0 aromatic heterocycles. The second-order valence-corrected chi connectivity index (χ2v) is 9.58. The van der Waals surface area contributed by atoms with E-state index >= 15 is 0 Å². The molecular weight excluding hydrogens is 460 g/mol. The van der Waals surface area contributed by atoms with Gasteiger partial charge < -0.3 is 4.74 Å². The first-order chi connectivity index (χ1) is 18.8. The smallest absolute Gasteiger partial charge is 0.118 e. The molecule has 0 radical (unpaired) electrons. The Balaban J connectivity index is 1.68. The van der Waals surface area contributed by atoms with Gasteiger partial charge in [-0.25, -0.2) is 0 Å². The normalized spacial score (nSPS) is 11.1.